The van der Waals surface area contributed by atoms with E-state index in [1.54, 1.807) is 0 Å². The van der Waals surface area contributed by atoms with Gasteiger partial charge in [0, 0.05) is 0 Å². The van der Waals surface area contributed by atoms with Gasteiger partial charge in [0.25, 0.3) is 6.26 Å². The zero-order valence-corrected chi connectivity index (χ0v) is 5.66. The first-order valence-corrected chi connectivity index (χ1v) is 2.91. The summed E-state index contributed by atoms with van der Waals surface area (Å²) in [7, 11) is 1.32. The lowest BCUT2D eigenvalue weighted by molar-refractivity contribution is 0.362. The van der Waals surface area contributed by atoms with Crippen molar-refractivity contribution < 1.29 is 4.74 Å². The Morgan fingerprint density at radius 2 is 1.50 bits per heavy atom. The maximum Gasteiger partial charge on any atom is 0.286 e. The van der Waals surface area contributed by atoms with E-state index in [0.29, 0.717) is 0 Å². The Bertz CT molecular complexity index is 224. The van der Waals surface area contributed by atoms with Gasteiger partial charge < -0.3 is 4.74 Å². The number of hydrogen-bond acceptors (Lipinski definition) is 2. The van der Waals surface area contributed by atoms with Gasteiger partial charge in [-0.1, -0.05) is 24.3 Å². The largest absolute Gasteiger partial charge is 0.431 e. The fourth-order valence-corrected chi connectivity index (χ4v) is 0.663. The van der Waals surface area contributed by atoms with E-state index < -0.39 is 0 Å². The van der Waals surface area contributed by atoms with Crippen LogP contribution in [-0.2, 0) is 4.74 Å². The Morgan fingerprint density at radius 1 is 1.20 bits per heavy atom. The third kappa shape index (κ3) is 1.08. The van der Waals surface area contributed by atoms with Crippen molar-refractivity contribution in [1.29, 1.82) is 5.26 Å². The fourth-order valence-electron chi connectivity index (χ4n) is 0.663. The molecule has 0 saturated carbocycles. The van der Waals surface area contributed by atoms with Crippen molar-refractivity contribution in [2.75, 3.05) is 7.11 Å². The summed E-state index contributed by atoms with van der Waals surface area (Å²) in [5, 5.41) is 7.40. The van der Waals surface area contributed by atoms with Crippen LogP contribution in [0.15, 0.2) is 24.3 Å². The molecular formula is C8H7NO. The number of methoxy groups -OCH3 is 1. The van der Waals surface area contributed by atoms with Gasteiger partial charge in [-0.15, -0.1) is 0 Å². The van der Waals surface area contributed by atoms with E-state index in [1.807, 2.05) is 0 Å². The van der Waals surface area contributed by atoms with Crippen LogP contribution in [0.2, 0.25) is 0 Å². The molecule has 2 aliphatic carbocycles. The second-order valence-electron chi connectivity index (χ2n) is 1.87. The molecule has 0 spiro atoms. The van der Waals surface area contributed by atoms with Crippen LogP contribution < -0.4 is 0 Å². The number of nitrogens with zero attached hydrogens (tertiary/aromatic N) is 1. The number of ether oxygens (including phenoxy) is 1. The molecule has 0 aromatic rings. The van der Waals surface area contributed by atoms with Gasteiger partial charge in [-0.25, -0.2) is 0 Å². The van der Waals surface area contributed by atoms with Gasteiger partial charge in [0.1, 0.15) is 0 Å². The lowest BCUT2D eigenvalue weighted by atomic mass is 9.95. The van der Waals surface area contributed by atoms with Crippen molar-refractivity contribution >= 4 is 0 Å². The van der Waals surface area contributed by atoms with Gasteiger partial charge in [0.2, 0.25) is 0 Å². The highest BCUT2D eigenvalue weighted by Crippen LogP contribution is 2.29. The van der Waals surface area contributed by atoms with Crippen LogP contribution in [0.25, 0.3) is 11.1 Å². The maximum absolute atomic E-state index is 7.40. The molecule has 0 unspecified atom stereocenters. The van der Waals surface area contributed by atoms with Gasteiger partial charge >= 0.3 is 0 Å². The molecule has 50 valence electrons. The van der Waals surface area contributed by atoms with Crippen molar-refractivity contribution in [3.8, 4) is 17.4 Å². The summed E-state index contributed by atoms with van der Waals surface area (Å²) < 4.78 is 3.85. The Balaban J connectivity index is 0.000000112. The quantitative estimate of drug-likeness (QED) is 0.513. The highest BCUT2D eigenvalue weighted by atomic mass is 16.5. The third-order valence-electron chi connectivity index (χ3n) is 1.31. The standard InChI is InChI=1S/C6H4.C2H3NO/c1-2-6-4-3-5(1)6;1-4-2-3/h1-4H;1H3. The molecule has 0 bridgehead atoms. The van der Waals surface area contributed by atoms with Crippen molar-refractivity contribution in [2.24, 2.45) is 0 Å². The third-order valence-corrected chi connectivity index (χ3v) is 1.31. The minimum absolute atomic E-state index is 1.32. The zero-order valence-electron chi connectivity index (χ0n) is 5.66. The molecule has 0 atom stereocenters. The summed E-state index contributed by atoms with van der Waals surface area (Å²) in [5.74, 6) is 0. The Labute approximate surface area is 59.7 Å². The highest BCUT2D eigenvalue weighted by Gasteiger charge is 2.03. The Kier molecular flexibility index (Phi) is 1.91. The average Bonchev–Trinajstić information content (AvgIpc) is 1.97. The van der Waals surface area contributed by atoms with Gasteiger partial charge in [-0.05, 0) is 11.1 Å². The van der Waals surface area contributed by atoms with Crippen LogP contribution in [0.5, 0.6) is 0 Å². The zero-order chi connectivity index (χ0) is 7.40. The second-order valence-corrected chi connectivity index (χ2v) is 1.87. The average molecular weight is 133 g/mol. The minimum atomic E-state index is 1.32. The summed E-state index contributed by atoms with van der Waals surface area (Å²) in [6, 6.07) is 8.48. The number of fused-ring (bicyclic) bond motifs is 1. The molecule has 0 aliphatic heterocycles. The molecule has 0 fully saturated rings. The number of nitriles is 1. The van der Waals surface area contributed by atoms with Gasteiger partial charge in [0.05, 0.1) is 7.11 Å². The summed E-state index contributed by atoms with van der Waals surface area (Å²) in [4.78, 5) is 0. The molecule has 2 aliphatic rings. The molecule has 0 heterocycles. The molecule has 0 amide bonds. The molecule has 0 saturated heterocycles. The number of rotatable bonds is 0. The van der Waals surface area contributed by atoms with E-state index in [0.717, 1.165) is 0 Å². The monoisotopic (exact) mass is 133 g/mol. The lowest BCUT2D eigenvalue weighted by Crippen LogP contribution is -1.85. The van der Waals surface area contributed by atoms with E-state index in [1.165, 1.54) is 24.5 Å². The fraction of sp³-hybridized carbons (Fsp3) is 0.125. The summed E-state index contributed by atoms with van der Waals surface area (Å²) in [6.45, 7) is 0. The van der Waals surface area contributed by atoms with Gasteiger partial charge in [-0.2, -0.15) is 5.26 Å². The Morgan fingerprint density at radius 3 is 1.50 bits per heavy atom. The Hall–Kier alpha value is -1.49. The van der Waals surface area contributed by atoms with E-state index >= 15 is 0 Å². The molecule has 0 N–H and O–H groups in total. The van der Waals surface area contributed by atoms with E-state index in [-0.39, 0.29) is 0 Å². The molecule has 2 rings (SSSR count). The lowest BCUT2D eigenvalue weighted by Gasteiger charge is -2.10. The summed E-state index contributed by atoms with van der Waals surface area (Å²) in [5.41, 5.74) is 2.85. The van der Waals surface area contributed by atoms with Crippen molar-refractivity contribution in [3.05, 3.63) is 24.3 Å². The van der Waals surface area contributed by atoms with Crippen LogP contribution in [0.3, 0.4) is 0 Å². The number of benzene rings is 1. The SMILES string of the molecule is COC#N.c1cc2ccc1-2. The van der Waals surface area contributed by atoms with Gasteiger partial charge in [0.15, 0.2) is 0 Å². The van der Waals surface area contributed by atoms with E-state index in [2.05, 4.69) is 29.0 Å². The van der Waals surface area contributed by atoms with Crippen LogP contribution in [-0.4, -0.2) is 7.11 Å². The molecular weight excluding hydrogens is 126 g/mol. The molecule has 0 aromatic heterocycles. The minimum Gasteiger partial charge on any atom is -0.431 e. The van der Waals surface area contributed by atoms with E-state index in [9.17, 15) is 0 Å². The highest BCUT2D eigenvalue weighted by molar-refractivity contribution is 5.75. The molecule has 10 heavy (non-hydrogen) atoms. The normalized spacial score (nSPS) is 8.40. The first-order valence-electron chi connectivity index (χ1n) is 2.91. The first kappa shape index (κ1) is 6.63. The van der Waals surface area contributed by atoms with Crippen molar-refractivity contribution in [3.63, 3.8) is 0 Å². The molecule has 0 radical (unpaired) electrons. The summed E-state index contributed by atoms with van der Waals surface area (Å²) >= 11 is 0. The predicted molar refractivity (Wildman–Crippen MR) is 38.1 cm³/mol. The van der Waals surface area contributed by atoms with Crippen LogP contribution in [0.4, 0.5) is 0 Å². The van der Waals surface area contributed by atoms with Crippen LogP contribution in [0.1, 0.15) is 0 Å². The van der Waals surface area contributed by atoms with Crippen molar-refractivity contribution in [2.45, 2.75) is 0 Å². The first-order chi connectivity index (χ1) is 4.88. The smallest absolute Gasteiger partial charge is 0.286 e. The maximum atomic E-state index is 7.40. The molecule has 0 aromatic carbocycles. The summed E-state index contributed by atoms with van der Waals surface area (Å²) in [6.07, 6.45) is 1.43. The molecule has 2 nitrogen and oxygen atoms in total. The van der Waals surface area contributed by atoms with Crippen LogP contribution >= 0.6 is 0 Å². The predicted octanol–water partition coefficient (Wildman–Crippen LogP) is 1.78. The topological polar surface area (TPSA) is 33.0 Å². The van der Waals surface area contributed by atoms with E-state index in [4.69, 9.17) is 5.26 Å². The number of hydrogen-bond donors (Lipinski definition) is 0. The molecule has 2 heteroatoms. The van der Waals surface area contributed by atoms with Crippen LogP contribution in [0, 0.1) is 11.5 Å². The second kappa shape index (κ2) is 2.88. The van der Waals surface area contributed by atoms with Gasteiger partial charge in [-0.3, -0.25) is 0 Å². The van der Waals surface area contributed by atoms with Crippen molar-refractivity contribution in [1.82, 2.24) is 0 Å².